The number of amides is 1. The maximum absolute atomic E-state index is 12.2. The molecule has 0 radical (unpaired) electrons. The Morgan fingerprint density at radius 1 is 1.31 bits per heavy atom. The van der Waals surface area contributed by atoms with Gasteiger partial charge in [-0.15, -0.1) is 10.2 Å². The van der Waals surface area contributed by atoms with Crippen molar-refractivity contribution in [1.29, 1.82) is 0 Å². The van der Waals surface area contributed by atoms with Crippen molar-refractivity contribution in [1.82, 2.24) is 14.8 Å². The molecule has 0 saturated carbocycles. The Labute approximate surface area is 157 Å². The zero-order valence-corrected chi connectivity index (χ0v) is 16.3. The van der Waals surface area contributed by atoms with Crippen LogP contribution in [-0.4, -0.2) is 45.9 Å². The Morgan fingerprint density at radius 3 is 2.73 bits per heavy atom. The molecule has 0 aliphatic heterocycles. The van der Waals surface area contributed by atoms with Crippen LogP contribution in [0.15, 0.2) is 29.4 Å². The molecule has 0 fully saturated rings. The molecule has 0 aliphatic carbocycles. The fourth-order valence-corrected chi connectivity index (χ4v) is 3.14. The second-order valence-electron chi connectivity index (χ2n) is 6.11. The summed E-state index contributed by atoms with van der Waals surface area (Å²) in [6.45, 7) is 6.79. The Hall–Kier alpha value is -2.19. The maximum atomic E-state index is 12.2. The van der Waals surface area contributed by atoms with Crippen molar-refractivity contribution in [3.05, 3.63) is 35.7 Å². The summed E-state index contributed by atoms with van der Waals surface area (Å²) in [4.78, 5) is 23.7. The van der Waals surface area contributed by atoms with Crippen LogP contribution in [0.25, 0.3) is 0 Å². The number of rotatable bonds is 9. The summed E-state index contributed by atoms with van der Waals surface area (Å²) in [6, 6.07) is 6.89. The van der Waals surface area contributed by atoms with E-state index in [4.69, 9.17) is 4.74 Å². The Balaban J connectivity index is 2.01. The van der Waals surface area contributed by atoms with E-state index in [2.05, 4.69) is 29.4 Å². The van der Waals surface area contributed by atoms with E-state index < -0.39 is 0 Å². The van der Waals surface area contributed by atoms with E-state index in [1.165, 1.54) is 18.7 Å². The average Bonchev–Trinajstić information content (AvgIpc) is 3.01. The number of carbonyl (C=O) groups excluding carboxylic acids is 2. The summed E-state index contributed by atoms with van der Waals surface area (Å²) < 4.78 is 7.14. The number of methoxy groups -OCH3 is 1. The van der Waals surface area contributed by atoms with E-state index in [1.54, 1.807) is 31.4 Å². The molecule has 1 N–H and O–H groups in total. The first kappa shape index (κ1) is 20.1. The van der Waals surface area contributed by atoms with Crippen molar-refractivity contribution < 1.29 is 14.3 Å². The predicted molar refractivity (Wildman–Crippen MR) is 102 cm³/mol. The summed E-state index contributed by atoms with van der Waals surface area (Å²) in [5.74, 6) is 1.11. The highest BCUT2D eigenvalue weighted by molar-refractivity contribution is 7.99. The highest BCUT2D eigenvalue weighted by Gasteiger charge is 2.16. The lowest BCUT2D eigenvalue weighted by atomic mass is 10.1. The van der Waals surface area contributed by atoms with Crippen LogP contribution in [0.5, 0.6) is 0 Å². The molecule has 140 valence electrons. The van der Waals surface area contributed by atoms with Crippen molar-refractivity contribution in [3.63, 3.8) is 0 Å². The molecule has 0 unspecified atom stereocenters. The molecule has 0 bridgehead atoms. The van der Waals surface area contributed by atoms with E-state index in [1.807, 2.05) is 4.57 Å². The van der Waals surface area contributed by atoms with Gasteiger partial charge in [-0.2, -0.15) is 0 Å². The normalized spacial score (nSPS) is 11.0. The number of Topliss-reactive ketones (excluding diaryl/α,β-unsaturated/α-hetero) is 1. The van der Waals surface area contributed by atoms with Crippen LogP contribution < -0.4 is 5.32 Å². The molecule has 2 rings (SSSR count). The topological polar surface area (TPSA) is 86.1 Å². The van der Waals surface area contributed by atoms with Gasteiger partial charge in [0, 0.05) is 30.8 Å². The molecule has 1 heterocycles. The summed E-state index contributed by atoms with van der Waals surface area (Å²) in [7, 11) is 1.65. The number of anilines is 1. The monoisotopic (exact) mass is 376 g/mol. The lowest BCUT2D eigenvalue weighted by molar-refractivity contribution is -0.113. The van der Waals surface area contributed by atoms with Gasteiger partial charge in [-0.1, -0.05) is 37.7 Å². The van der Waals surface area contributed by atoms with Gasteiger partial charge < -0.3 is 14.6 Å². The molecular formula is C18H24N4O3S. The van der Waals surface area contributed by atoms with Crippen molar-refractivity contribution in [2.24, 2.45) is 0 Å². The van der Waals surface area contributed by atoms with Gasteiger partial charge in [0.15, 0.2) is 10.9 Å². The fourth-order valence-electron chi connectivity index (χ4n) is 2.37. The third-order valence-electron chi connectivity index (χ3n) is 3.67. The second kappa shape index (κ2) is 9.49. The highest BCUT2D eigenvalue weighted by Crippen LogP contribution is 2.21. The van der Waals surface area contributed by atoms with Crippen LogP contribution in [0, 0.1) is 0 Å². The van der Waals surface area contributed by atoms with Crippen molar-refractivity contribution in [2.75, 3.05) is 24.8 Å². The standard InChI is InChI=1S/C18H24N4O3S/c1-12(2)17-20-21-18(22(17)8-9-25-4)26-11-16(24)19-15-7-5-6-14(10-15)13(3)23/h5-7,10,12H,8-9,11H2,1-4H3,(H,19,24). The van der Waals surface area contributed by atoms with Gasteiger partial charge >= 0.3 is 0 Å². The first-order valence-corrected chi connectivity index (χ1v) is 9.36. The number of aromatic nitrogens is 3. The molecule has 1 aromatic heterocycles. The molecule has 1 amide bonds. The van der Waals surface area contributed by atoms with Gasteiger partial charge in [0.25, 0.3) is 0 Å². The van der Waals surface area contributed by atoms with Gasteiger partial charge in [0.1, 0.15) is 5.82 Å². The van der Waals surface area contributed by atoms with E-state index in [0.29, 0.717) is 29.6 Å². The number of ether oxygens (including phenoxy) is 1. The zero-order chi connectivity index (χ0) is 19.1. The third kappa shape index (κ3) is 5.40. The third-order valence-corrected chi connectivity index (χ3v) is 4.63. The predicted octanol–water partition coefficient (Wildman–Crippen LogP) is 2.98. The van der Waals surface area contributed by atoms with Crippen LogP contribution in [0.2, 0.25) is 0 Å². The number of benzene rings is 1. The van der Waals surface area contributed by atoms with Crippen LogP contribution in [0.4, 0.5) is 5.69 Å². The molecule has 7 nitrogen and oxygen atoms in total. The molecule has 8 heteroatoms. The lowest BCUT2D eigenvalue weighted by Gasteiger charge is -2.11. The van der Waals surface area contributed by atoms with Crippen molar-refractivity contribution >= 4 is 29.1 Å². The molecular weight excluding hydrogens is 352 g/mol. The van der Waals surface area contributed by atoms with Crippen molar-refractivity contribution in [2.45, 2.75) is 38.4 Å². The van der Waals surface area contributed by atoms with Gasteiger partial charge in [0.05, 0.1) is 12.4 Å². The molecule has 0 aliphatic rings. The molecule has 0 saturated heterocycles. The summed E-state index contributed by atoms with van der Waals surface area (Å²) in [5, 5.41) is 11.9. The number of carbonyl (C=O) groups is 2. The molecule has 0 atom stereocenters. The smallest absolute Gasteiger partial charge is 0.234 e. The van der Waals surface area contributed by atoms with E-state index >= 15 is 0 Å². The Bertz CT molecular complexity index is 774. The summed E-state index contributed by atoms with van der Waals surface area (Å²) in [5.41, 5.74) is 1.17. The summed E-state index contributed by atoms with van der Waals surface area (Å²) >= 11 is 1.33. The minimum Gasteiger partial charge on any atom is -0.383 e. The molecule has 1 aromatic carbocycles. The number of nitrogens with one attached hydrogen (secondary N) is 1. The van der Waals surface area contributed by atoms with Crippen molar-refractivity contribution in [3.8, 4) is 0 Å². The largest absolute Gasteiger partial charge is 0.383 e. The SMILES string of the molecule is COCCn1c(SCC(=O)Nc2cccc(C(C)=O)c2)nnc1C(C)C. The molecule has 0 spiro atoms. The Morgan fingerprint density at radius 2 is 2.08 bits per heavy atom. The van der Waals surface area contributed by atoms with Gasteiger partial charge in [-0.3, -0.25) is 9.59 Å². The number of hydrogen-bond acceptors (Lipinski definition) is 6. The lowest BCUT2D eigenvalue weighted by Crippen LogP contribution is -2.16. The molecule has 2 aromatic rings. The van der Waals surface area contributed by atoms with Crippen LogP contribution >= 0.6 is 11.8 Å². The van der Waals surface area contributed by atoms with Crippen LogP contribution in [0.3, 0.4) is 0 Å². The van der Waals surface area contributed by atoms with E-state index in [0.717, 1.165) is 5.82 Å². The number of hydrogen-bond donors (Lipinski definition) is 1. The van der Waals surface area contributed by atoms with E-state index in [-0.39, 0.29) is 23.4 Å². The first-order chi connectivity index (χ1) is 12.4. The Kier molecular flexibility index (Phi) is 7.35. The van der Waals surface area contributed by atoms with Crippen LogP contribution in [0.1, 0.15) is 42.9 Å². The van der Waals surface area contributed by atoms with Gasteiger partial charge in [0.2, 0.25) is 5.91 Å². The minimum atomic E-state index is -0.164. The maximum Gasteiger partial charge on any atom is 0.234 e. The van der Waals surface area contributed by atoms with E-state index in [9.17, 15) is 9.59 Å². The first-order valence-electron chi connectivity index (χ1n) is 8.38. The molecule has 26 heavy (non-hydrogen) atoms. The van der Waals surface area contributed by atoms with Gasteiger partial charge in [-0.05, 0) is 19.1 Å². The quantitative estimate of drug-likeness (QED) is 0.535. The second-order valence-corrected chi connectivity index (χ2v) is 7.06. The van der Waals surface area contributed by atoms with Gasteiger partial charge in [-0.25, -0.2) is 0 Å². The number of ketones is 1. The minimum absolute atomic E-state index is 0.0390. The van der Waals surface area contributed by atoms with Crippen LogP contribution in [-0.2, 0) is 16.1 Å². The number of nitrogens with zero attached hydrogens (tertiary/aromatic N) is 3. The fraction of sp³-hybridized carbons (Fsp3) is 0.444. The number of thioether (sulfide) groups is 1. The average molecular weight is 376 g/mol. The highest BCUT2D eigenvalue weighted by atomic mass is 32.2. The summed E-state index contributed by atoms with van der Waals surface area (Å²) in [6.07, 6.45) is 0. The zero-order valence-electron chi connectivity index (χ0n) is 15.5.